The van der Waals surface area contributed by atoms with Crippen LogP contribution in [0, 0.1) is 6.92 Å². The summed E-state index contributed by atoms with van der Waals surface area (Å²) in [4.78, 5) is 7.12. The highest BCUT2D eigenvalue weighted by Gasteiger charge is 2.19. The van der Waals surface area contributed by atoms with Gasteiger partial charge in [0.1, 0.15) is 5.65 Å². The monoisotopic (exact) mass is 244 g/mol. The van der Waals surface area contributed by atoms with E-state index in [9.17, 15) is 0 Å². The summed E-state index contributed by atoms with van der Waals surface area (Å²) in [7, 11) is 2.19. The Bertz CT molecular complexity index is 540. The third kappa shape index (κ3) is 2.13. The van der Waals surface area contributed by atoms with Crippen LogP contribution in [0.25, 0.3) is 5.65 Å². The van der Waals surface area contributed by atoms with Gasteiger partial charge in [-0.3, -0.25) is 4.90 Å². The zero-order valence-electron chi connectivity index (χ0n) is 11.1. The van der Waals surface area contributed by atoms with Gasteiger partial charge in [-0.25, -0.2) is 4.98 Å². The average molecular weight is 244 g/mol. The van der Waals surface area contributed by atoms with Gasteiger partial charge >= 0.3 is 0 Å². The Labute approximate surface area is 108 Å². The van der Waals surface area contributed by atoms with Gasteiger partial charge in [-0.2, -0.15) is 0 Å². The number of rotatable bonds is 3. The van der Waals surface area contributed by atoms with E-state index in [1.807, 2.05) is 0 Å². The fourth-order valence-electron chi connectivity index (χ4n) is 2.68. The van der Waals surface area contributed by atoms with Crippen molar-refractivity contribution in [3.05, 3.63) is 35.8 Å². The molecule has 1 saturated heterocycles. The molecule has 4 heteroatoms. The van der Waals surface area contributed by atoms with E-state index >= 15 is 0 Å². The first-order chi connectivity index (χ1) is 8.74. The lowest BCUT2D eigenvalue weighted by Crippen LogP contribution is -2.32. The number of fused-ring (bicyclic) bond motifs is 1. The predicted molar refractivity (Wildman–Crippen MR) is 72.7 cm³/mol. The number of hydrogen-bond donors (Lipinski definition) is 1. The lowest BCUT2D eigenvalue weighted by atomic mass is 10.2. The zero-order valence-corrected chi connectivity index (χ0v) is 11.1. The lowest BCUT2D eigenvalue weighted by Gasteiger charge is -2.22. The number of imidazole rings is 1. The van der Waals surface area contributed by atoms with E-state index < -0.39 is 0 Å². The van der Waals surface area contributed by atoms with Crippen LogP contribution >= 0.6 is 0 Å². The molecule has 1 atom stereocenters. The highest BCUT2D eigenvalue weighted by molar-refractivity contribution is 5.47. The molecule has 96 valence electrons. The first kappa shape index (κ1) is 11.7. The van der Waals surface area contributed by atoms with E-state index in [-0.39, 0.29) is 0 Å². The highest BCUT2D eigenvalue weighted by atomic mass is 15.2. The molecule has 0 radical (unpaired) electrons. The largest absolute Gasteiger partial charge is 0.315 e. The van der Waals surface area contributed by atoms with E-state index in [2.05, 4.69) is 53.1 Å². The van der Waals surface area contributed by atoms with Gasteiger partial charge in [0.25, 0.3) is 0 Å². The summed E-state index contributed by atoms with van der Waals surface area (Å²) in [6.45, 7) is 5.27. The fourth-order valence-corrected chi connectivity index (χ4v) is 2.68. The number of aromatic nitrogens is 2. The maximum Gasteiger partial charge on any atom is 0.139 e. The summed E-state index contributed by atoms with van der Waals surface area (Å²) < 4.78 is 2.12. The third-order valence-electron chi connectivity index (χ3n) is 3.80. The van der Waals surface area contributed by atoms with Crippen LogP contribution in [0.15, 0.2) is 24.5 Å². The van der Waals surface area contributed by atoms with Crippen LogP contribution in [-0.4, -0.2) is 40.5 Å². The maximum absolute atomic E-state index is 4.72. The van der Waals surface area contributed by atoms with Gasteiger partial charge in [-0.05, 0) is 38.6 Å². The second-order valence-corrected chi connectivity index (χ2v) is 5.22. The number of nitrogens with zero attached hydrogens (tertiary/aromatic N) is 3. The quantitative estimate of drug-likeness (QED) is 0.886. The van der Waals surface area contributed by atoms with Crippen LogP contribution in [-0.2, 0) is 6.54 Å². The maximum atomic E-state index is 4.72. The summed E-state index contributed by atoms with van der Waals surface area (Å²) in [6.07, 6.45) is 5.44. The van der Waals surface area contributed by atoms with E-state index in [1.165, 1.54) is 12.0 Å². The molecule has 18 heavy (non-hydrogen) atoms. The molecule has 1 fully saturated rings. The third-order valence-corrected chi connectivity index (χ3v) is 3.80. The number of hydrogen-bond acceptors (Lipinski definition) is 3. The molecular formula is C14H20N4. The van der Waals surface area contributed by atoms with Gasteiger partial charge in [0.05, 0.1) is 5.69 Å². The smallest absolute Gasteiger partial charge is 0.139 e. The Morgan fingerprint density at radius 3 is 3.17 bits per heavy atom. The number of aryl methyl sites for hydroxylation is 1. The number of nitrogens with one attached hydrogen (secondary N) is 1. The van der Waals surface area contributed by atoms with Crippen molar-refractivity contribution in [3.63, 3.8) is 0 Å². The Balaban J connectivity index is 1.80. The SMILES string of the molecule is Cc1cccn2cc(CN(C)C3CCNC3)nc12. The molecule has 0 saturated carbocycles. The molecule has 0 spiro atoms. The van der Waals surface area contributed by atoms with Crippen molar-refractivity contribution >= 4 is 5.65 Å². The van der Waals surface area contributed by atoms with Crippen molar-refractivity contribution < 1.29 is 0 Å². The summed E-state index contributed by atoms with van der Waals surface area (Å²) >= 11 is 0. The van der Waals surface area contributed by atoms with E-state index in [4.69, 9.17) is 4.98 Å². The zero-order chi connectivity index (χ0) is 12.5. The molecule has 1 unspecified atom stereocenters. The molecule has 2 aromatic rings. The van der Waals surface area contributed by atoms with Crippen molar-refractivity contribution in [2.24, 2.45) is 0 Å². The summed E-state index contributed by atoms with van der Waals surface area (Å²) in [5.74, 6) is 0. The van der Waals surface area contributed by atoms with Crippen LogP contribution in [0.3, 0.4) is 0 Å². The molecule has 3 rings (SSSR count). The first-order valence-electron chi connectivity index (χ1n) is 6.58. The van der Waals surface area contributed by atoms with Crippen molar-refractivity contribution in [1.82, 2.24) is 19.6 Å². The fraction of sp³-hybridized carbons (Fsp3) is 0.500. The molecule has 0 aromatic carbocycles. The van der Waals surface area contributed by atoms with Crippen LogP contribution in [0.2, 0.25) is 0 Å². The molecule has 1 N–H and O–H groups in total. The predicted octanol–water partition coefficient (Wildman–Crippen LogP) is 1.44. The molecule has 0 bridgehead atoms. The highest BCUT2D eigenvalue weighted by Crippen LogP contribution is 2.13. The summed E-state index contributed by atoms with van der Waals surface area (Å²) in [5.41, 5.74) is 3.46. The Hall–Kier alpha value is -1.39. The first-order valence-corrected chi connectivity index (χ1v) is 6.58. The Morgan fingerprint density at radius 2 is 2.44 bits per heavy atom. The average Bonchev–Trinajstić information content (AvgIpc) is 2.97. The minimum atomic E-state index is 0.649. The van der Waals surface area contributed by atoms with Gasteiger partial charge in [0.2, 0.25) is 0 Å². The van der Waals surface area contributed by atoms with Crippen molar-refractivity contribution in [2.45, 2.75) is 25.9 Å². The van der Waals surface area contributed by atoms with Gasteiger partial charge in [0, 0.05) is 31.5 Å². The van der Waals surface area contributed by atoms with Crippen molar-refractivity contribution in [2.75, 3.05) is 20.1 Å². The second kappa shape index (κ2) is 4.71. The second-order valence-electron chi connectivity index (χ2n) is 5.22. The molecule has 0 aliphatic carbocycles. The molecule has 0 amide bonds. The summed E-state index contributed by atoms with van der Waals surface area (Å²) in [6, 6.07) is 4.82. The van der Waals surface area contributed by atoms with Crippen LogP contribution in [0.4, 0.5) is 0 Å². The Kier molecular flexibility index (Phi) is 3.06. The Morgan fingerprint density at radius 1 is 1.56 bits per heavy atom. The minimum Gasteiger partial charge on any atom is -0.315 e. The van der Waals surface area contributed by atoms with E-state index in [1.54, 1.807) is 0 Å². The molecule has 1 aliphatic heterocycles. The molecule has 3 heterocycles. The molecule has 1 aliphatic rings. The van der Waals surface area contributed by atoms with Crippen LogP contribution in [0.1, 0.15) is 17.7 Å². The number of likely N-dealkylation sites (N-methyl/N-ethyl adjacent to an activating group) is 1. The molecular weight excluding hydrogens is 224 g/mol. The van der Waals surface area contributed by atoms with Crippen molar-refractivity contribution in [1.29, 1.82) is 0 Å². The minimum absolute atomic E-state index is 0.649. The van der Waals surface area contributed by atoms with Crippen LogP contribution in [0.5, 0.6) is 0 Å². The molecule has 4 nitrogen and oxygen atoms in total. The van der Waals surface area contributed by atoms with E-state index in [0.29, 0.717) is 6.04 Å². The van der Waals surface area contributed by atoms with Crippen molar-refractivity contribution in [3.8, 4) is 0 Å². The standard InChI is InChI=1S/C14H20N4/c1-11-4-3-7-18-10-12(16-14(11)18)9-17(2)13-5-6-15-8-13/h3-4,7,10,13,15H,5-6,8-9H2,1-2H3. The topological polar surface area (TPSA) is 32.6 Å². The lowest BCUT2D eigenvalue weighted by molar-refractivity contribution is 0.246. The number of pyridine rings is 1. The van der Waals surface area contributed by atoms with Gasteiger partial charge < -0.3 is 9.72 Å². The molecule has 2 aromatic heterocycles. The van der Waals surface area contributed by atoms with Crippen LogP contribution < -0.4 is 5.32 Å². The van der Waals surface area contributed by atoms with Gasteiger partial charge in [0.15, 0.2) is 0 Å². The van der Waals surface area contributed by atoms with E-state index in [0.717, 1.165) is 31.0 Å². The normalized spacial score (nSPS) is 20.1. The summed E-state index contributed by atoms with van der Waals surface area (Å²) in [5, 5.41) is 3.41. The van der Waals surface area contributed by atoms with Gasteiger partial charge in [-0.1, -0.05) is 6.07 Å². The van der Waals surface area contributed by atoms with Gasteiger partial charge in [-0.15, -0.1) is 0 Å².